The van der Waals surface area contributed by atoms with E-state index in [1.807, 2.05) is 0 Å². The number of carbonyl (C=O) groups excluding carboxylic acids is 2. The molecule has 4 nitrogen and oxygen atoms in total. The minimum Gasteiger partial charge on any atom is -0.267 e. The van der Waals surface area contributed by atoms with Crippen molar-refractivity contribution in [3.8, 4) is 0 Å². The first-order valence-corrected chi connectivity index (χ1v) is 6.76. The van der Waals surface area contributed by atoms with Crippen LogP contribution in [0.25, 0.3) is 0 Å². The average molecular weight is 315 g/mol. The fraction of sp³-hybridized carbons (Fsp3) is 0. The highest BCUT2D eigenvalue weighted by molar-refractivity contribution is 7.12. The third kappa shape index (κ3) is 2.96. The number of thiophene rings is 1. The summed E-state index contributed by atoms with van der Waals surface area (Å²) in [5.74, 6) is 4.28. The number of imide groups is 1. The smallest absolute Gasteiger partial charge is 0.267 e. The fourth-order valence-corrected chi connectivity index (χ4v) is 2.58. The van der Waals surface area contributed by atoms with Gasteiger partial charge in [0.15, 0.2) is 0 Å². The molecule has 0 unspecified atom stereocenters. The van der Waals surface area contributed by atoms with E-state index < -0.39 is 11.8 Å². The van der Waals surface area contributed by atoms with E-state index in [4.69, 9.17) is 29.0 Å². The van der Waals surface area contributed by atoms with E-state index in [2.05, 4.69) is 0 Å². The molecular weight excluding hydrogens is 307 g/mol. The zero-order valence-corrected chi connectivity index (χ0v) is 11.8. The molecule has 0 aliphatic rings. The highest BCUT2D eigenvalue weighted by Gasteiger charge is 2.23. The number of amides is 2. The van der Waals surface area contributed by atoms with Gasteiger partial charge in [-0.3, -0.25) is 9.59 Å². The predicted octanol–water partition coefficient (Wildman–Crippen LogP) is 3.21. The lowest BCUT2D eigenvalue weighted by atomic mass is 10.2. The molecule has 2 N–H and O–H groups in total. The molecular formula is C12H8Cl2N2O2S. The Kier molecular flexibility index (Phi) is 4.21. The number of halogens is 2. The Hall–Kier alpha value is -1.40. The van der Waals surface area contributed by atoms with Crippen LogP contribution in [0.3, 0.4) is 0 Å². The topological polar surface area (TPSA) is 63.4 Å². The van der Waals surface area contributed by atoms with Gasteiger partial charge in [0.25, 0.3) is 11.8 Å². The van der Waals surface area contributed by atoms with Crippen LogP contribution in [0, 0.1) is 0 Å². The molecule has 0 radical (unpaired) electrons. The van der Waals surface area contributed by atoms with Gasteiger partial charge in [-0.05, 0) is 35.7 Å². The van der Waals surface area contributed by atoms with Crippen molar-refractivity contribution >= 4 is 46.4 Å². The normalized spacial score (nSPS) is 10.3. The molecule has 1 aromatic heterocycles. The van der Waals surface area contributed by atoms with Gasteiger partial charge >= 0.3 is 0 Å². The van der Waals surface area contributed by atoms with E-state index in [1.165, 1.54) is 12.1 Å². The maximum Gasteiger partial charge on any atom is 0.286 e. The monoisotopic (exact) mass is 314 g/mol. The molecule has 1 aromatic carbocycles. The van der Waals surface area contributed by atoms with Crippen LogP contribution >= 0.6 is 34.5 Å². The predicted molar refractivity (Wildman–Crippen MR) is 75.5 cm³/mol. The third-order valence-corrected chi connectivity index (χ3v) is 3.92. The number of rotatable bonds is 2. The molecule has 7 heteroatoms. The van der Waals surface area contributed by atoms with Gasteiger partial charge in [-0.25, -0.2) is 10.9 Å². The zero-order chi connectivity index (χ0) is 14.0. The number of hydrogen-bond acceptors (Lipinski definition) is 4. The van der Waals surface area contributed by atoms with Crippen LogP contribution in [-0.2, 0) is 0 Å². The van der Waals surface area contributed by atoms with Crippen molar-refractivity contribution in [3.63, 3.8) is 0 Å². The highest BCUT2D eigenvalue weighted by Crippen LogP contribution is 2.23. The van der Waals surface area contributed by atoms with Gasteiger partial charge in [-0.2, -0.15) is 0 Å². The van der Waals surface area contributed by atoms with Crippen molar-refractivity contribution in [1.29, 1.82) is 0 Å². The van der Waals surface area contributed by atoms with Crippen LogP contribution in [0.5, 0.6) is 0 Å². The van der Waals surface area contributed by atoms with Crippen molar-refractivity contribution in [2.24, 2.45) is 5.84 Å². The van der Waals surface area contributed by atoms with Crippen LogP contribution < -0.4 is 5.84 Å². The Labute approximate surface area is 123 Å². The van der Waals surface area contributed by atoms with Gasteiger partial charge in [0.05, 0.1) is 5.02 Å². The minimum absolute atomic E-state index is 0.228. The van der Waals surface area contributed by atoms with Gasteiger partial charge in [-0.15, -0.1) is 11.3 Å². The third-order valence-electron chi connectivity index (χ3n) is 2.34. The number of nitrogens with zero attached hydrogens (tertiary/aromatic N) is 1. The van der Waals surface area contributed by atoms with Gasteiger partial charge in [0.2, 0.25) is 0 Å². The second-order valence-corrected chi connectivity index (χ2v) is 5.34. The van der Waals surface area contributed by atoms with Crippen LogP contribution in [0.2, 0.25) is 10.0 Å². The fourth-order valence-electron chi connectivity index (χ4n) is 1.38. The number of nitrogens with two attached hydrogens (primary N) is 1. The molecule has 2 rings (SSSR count). The maximum absolute atomic E-state index is 12.0. The molecule has 98 valence electrons. The first kappa shape index (κ1) is 14.0. The molecule has 1 heterocycles. The Morgan fingerprint density at radius 1 is 1.05 bits per heavy atom. The molecule has 0 saturated carbocycles. The molecule has 0 fully saturated rings. The lowest BCUT2D eigenvalue weighted by molar-refractivity contribution is 0.0618. The van der Waals surface area contributed by atoms with Crippen LogP contribution in [0.4, 0.5) is 0 Å². The van der Waals surface area contributed by atoms with Gasteiger partial charge < -0.3 is 0 Å². The first-order chi connectivity index (χ1) is 9.00. The molecule has 0 aliphatic heterocycles. The number of carbonyl (C=O) groups is 2. The Morgan fingerprint density at radius 2 is 1.68 bits per heavy atom. The van der Waals surface area contributed by atoms with Crippen molar-refractivity contribution in [2.45, 2.75) is 0 Å². The second kappa shape index (κ2) is 5.71. The summed E-state index contributed by atoms with van der Waals surface area (Å²) < 4.78 is 0. The largest absolute Gasteiger partial charge is 0.286 e. The van der Waals surface area contributed by atoms with Gasteiger partial charge in [0, 0.05) is 10.6 Å². The zero-order valence-electron chi connectivity index (χ0n) is 9.47. The molecule has 0 aliphatic carbocycles. The van der Waals surface area contributed by atoms with E-state index in [0.717, 1.165) is 11.3 Å². The molecule has 2 aromatic rings. The van der Waals surface area contributed by atoms with E-state index in [1.54, 1.807) is 23.6 Å². The van der Waals surface area contributed by atoms with Gasteiger partial charge in [0.1, 0.15) is 4.88 Å². The summed E-state index contributed by atoms with van der Waals surface area (Å²) in [4.78, 5) is 24.2. The maximum atomic E-state index is 12.0. The van der Waals surface area contributed by atoms with E-state index in [9.17, 15) is 9.59 Å². The minimum atomic E-state index is -0.639. The van der Waals surface area contributed by atoms with E-state index in [0.29, 0.717) is 10.0 Å². The van der Waals surface area contributed by atoms with Crippen LogP contribution in [0.1, 0.15) is 20.0 Å². The number of hydrogen-bond donors (Lipinski definition) is 1. The Morgan fingerprint density at radius 3 is 2.21 bits per heavy atom. The Balaban J connectivity index is 2.22. The average Bonchev–Trinajstić information content (AvgIpc) is 2.83. The summed E-state index contributed by atoms with van der Waals surface area (Å²) in [6, 6.07) is 7.65. The molecule has 19 heavy (non-hydrogen) atoms. The summed E-state index contributed by atoms with van der Waals surface area (Å²) in [5, 5.41) is 2.96. The van der Waals surface area contributed by atoms with Crippen molar-refractivity contribution in [1.82, 2.24) is 5.01 Å². The van der Waals surface area contributed by atoms with E-state index >= 15 is 0 Å². The molecule has 2 amide bonds. The standard InChI is InChI=1S/C12H8Cl2N2O2S/c13-8-3-1-7(2-4-8)11(17)16(15)12(18)10-9(14)5-6-19-10/h1-6H,15H2. The summed E-state index contributed by atoms with van der Waals surface area (Å²) in [7, 11) is 0. The van der Waals surface area contributed by atoms with Gasteiger partial charge in [-0.1, -0.05) is 23.2 Å². The summed E-state index contributed by atoms with van der Waals surface area (Å²) in [6.07, 6.45) is 0. The number of hydrazine groups is 1. The lowest BCUT2D eigenvalue weighted by Gasteiger charge is -2.14. The lowest BCUT2D eigenvalue weighted by Crippen LogP contribution is -2.42. The molecule has 0 atom stereocenters. The Bertz CT molecular complexity index is 625. The summed E-state index contributed by atoms with van der Waals surface area (Å²) >= 11 is 12.7. The number of benzene rings is 1. The molecule has 0 spiro atoms. The SMILES string of the molecule is NN(C(=O)c1ccc(Cl)cc1)C(=O)c1sccc1Cl. The highest BCUT2D eigenvalue weighted by atomic mass is 35.5. The van der Waals surface area contributed by atoms with Crippen LogP contribution in [0.15, 0.2) is 35.7 Å². The van der Waals surface area contributed by atoms with Crippen molar-refractivity contribution in [3.05, 3.63) is 56.2 Å². The second-order valence-electron chi connectivity index (χ2n) is 3.58. The van der Waals surface area contributed by atoms with Crippen molar-refractivity contribution in [2.75, 3.05) is 0 Å². The van der Waals surface area contributed by atoms with Crippen molar-refractivity contribution < 1.29 is 9.59 Å². The van der Waals surface area contributed by atoms with E-state index in [-0.39, 0.29) is 15.5 Å². The summed E-state index contributed by atoms with van der Waals surface area (Å²) in [6.45, 7) is 0. The summed E-state index contributed by atoms with van der Waals surface area (Å²) in [5.41, 5.74) is 0.271. The first-order valence-electron chi connectivity index (χ1n) is 5.12. The van der Waals surface area contributed by atoms with Crippen LogP contribution in [-0.4, -0.2) is 16.8 Å². The molecule has 0 saturated heterocycles. The molecule has 0 bridgehead atoms. The quantitative estimate of drug-likeness (QED) is 0.400.